The molecule has 3 rings (SSSR count). The number of aromatic nitrogens is 1. The molecule has 120 valence electrons. The van der Waals surface area contributed by atoms with Crippen LogP contribution in [0.15, 0.2) is 48.8 Å². The van der Waals surface area contributed by atoms with Gasteiger partial charge in [-0.15, -0.1) is 0 Å². The molecule has 1 fully saturated rings. The van der Waals surface area contributed by atoms with Gasteiger partial charge in [0.15, 0.2) is 0 Å². The Kier molecular flexibility index (Phi) is 5.37. The third-order valence-electron chi connectivity index (χ3n) is 4.21. The van der Waals surface area contributed by atoms with E-state index in [2.05, 4.69) is 27.3 Å². The predicted molar refractivity (Wildman–Crippen MR) is 92.1 cm³/mol. The Labute approximate surface area is 137 Å². The average Bonchev–Trinajstić information content (AvgIpc) is 3.07. The second kappa shape index (κ2) is 7.88. The second-order valence-corrected chi connectivity index (χ2v) is 6.09. The summed E-state index contributed by atoms with van der Waals surface area (Å²) >= 11 is 0. The number of likely N-dealkylation sites (tertiary alicyclic amines) is 1. The molecule has 4 nitrogen and oxygen atoms in total. The van der Waals surface area contributed by atoms with Gasteiger partial charge in [0.05, 0.1) is 0 Å². The summed E-state index contributed by atoms with van der Waals surface area (Å²) in [6.45, 7) is 3.34. The van der Waals surface area contributed by atoms with Crippen LogP contribution in [0.1, 0.15) is 30.4 Å². The van der Waals surface area contributed by atoms with Gasteiger partial charge in [0, 0.05) is 31.0 Å². The Morgan fingerprint density at radius 3 is 2.65 bits per heavy atom. The average molecular weight is 309 g/mol. The lowest BCUT2D eigenvalue weighted by atomic mass is 10.1. The highest BCUT2D eigenvalue weighted by Crippen LogP contribution is 2.16. The van der Waals surface area contributed by atoms with Crippen LogP contribution in [0.3, 0.4) is 0 Å². The minimum absolute atomic E-state index is 0.0557. The summed E-state index contributed by atoms with van der Waals surface area (Å²) in [7, 11) is 0. The number of amides is 1. The molecule has 0 bridgehead atoms. The predicted octanol–water partition coefficient (Wildman–Crippen LogP) is 3.25. The number of carbonyl (C=O) groups is 1. The lowest BCUT2D eigenvalue weighted by Crippen LogP contribution is -2.18. The van der Waals surface area contributed by atoms with Crippen LogP contribution in [0.5, 0.6) is 0 Å². The zero-order valence-corrected chi connectivity index (χ0v) is 13.4. The largest absolute Gasteiger partial charge is 0.326 e. The van der Waals surface area contributed by atoms with Crippen LogP contribution in [-0.2, 0) is 17.8 Å². The first-order chi connectivity index (χ1) is 11.3. The molecule has 1 aromatic carbocycles. The van der Waals surface area contributed by atoms with Crippen LogP contribution in [0, 0.1) is 0 Å². The van der Waals surface area contributed by atoms with Crippen LogP contribution >= 0.6 is 0 Å². The Bertz CT molecular complexity index is 636. The third kappa shape index (κ3) is 4.89. The summed E-state index contributed by atoms with van der Waals surface area (Å²) < 4.78 is 0. The van der Waals surface area contributed by atoms with Gasteiger partial charge < -0.3 is 5.32 Å². The highest BCUT2D eigenvalue weighted by molar-refractivity contribution is 5.90. The van der Waals surface area contributed by atoms with Crippen molar-refractivity contribution in [3.63, 3.8) is 0 Å². The molecular weight excluding hydrogens is 286 g/mol. The fourth-order valence-corrected chi connectivity index (χ4v) is 2.98. The minimum Gasteiger partial charge on any atom is -0.326 e. The molecule has 4 heteroatoms. The second-order valence-electron chi connectivity index (χ2n) is 6.09. The standard InChI is InChI=1S/C19H23N3O/c23-19(7-6-16-8-10-20-11-9-16)21-18-5-3-4-17(14-18)15-22-12-1-2-13-22/h3-5,8-11,14H,1-2,6-7,12-13,15H2,(H,21,23). The molecule has 0 unspecified atom stereocenters. The van der Waals surface area contributed by atoms with Crippen LogP contribution < -0.4 is 5.32 Å². The van der Waals surface area contributed by atoms with E-state index in [4.69, 9.17) is 0 Å². The number of hydrogen-bond donors (Lipinski definition) is 1. The molecule has 23 heavy (non-hydrogen) atoms. The van der Waals surface area contributed by atoms with Gasteiger partial charge in [0.2, 0.25) is 5.91 Å². The van der Waals surface area contributed by atoms with E-state index in [9.17, 15) is 4.79 Å². The van der Waals surface area contributed by atoms with E-state index >= 15 is 0 Å². The fourth-order valence-electron chi connectivity index (χ4n) is 2.98. The number of rotatable bonds is 6. The molecule has 2 aromatic rings. The van der Waals surface area contributed by atoms with Gasteiger partial charge >= 0.3 is 0 Å². The zero-order valence-electron chi connectivity index (χ0n) is 13.4. The van der Waals surface area contributed by atoms with Crippen LogP contribution in [0.4, 0.5) is 5.69 Å². The quantitative estimate of drug-likeness (QED) is 0.891. The maximum Gasteiger partial charge on any atom is 0.224 e. The summed E-state index contributed by atoms with van der Waals surface area (Å²) in [5, 5.41) is 3.00. The van der Waals surface area contributed by atoms with Crippen LogP contribution in [0.2, 0.25) is 0 Å². The topological polar surface area (TPSA) is 45.2 Å². The van der Waals surface area contributed by atoms with Crippen molar-refractivity contribution >= 4 is 11.6 Å². The monoisotopic (exact) mass is 309 g/mol. The highest BCUT2D eigenvalue weighted by atomic mass is 16.1. The Morgan fingerprint density at radius 1 is 1.09 bits per heavy atom. The number of aryl methyl sites for hydroxylation is 1. The Balaban J connectivity index is 1.51. The molecule has 1 aromatic heterocycles. The van der Waals surface area contributed by atoms with Gasteiger partial charge in [-0.05, 0) is 67.7 Å². The molecule has 0 spiro atoms. The van der Waals surface area contributed by atoms with Crippen molar-refractivity contribution in [2.75, 3.05) is 18.4 Å². The number of anilines is 1. The van der Waals surface area contributed by atoms with E-state index in [-0.39, 0.29) is 5.91 Å². The zero-order chi connectivity index (χ0) is 15.9. The molecule has 1 N–H and O–H groups in total. The maximum absolute atomic E-state index is 12.1. The molecular formula is C19H23N3O. The summed E-state index contributed by atoms with van der Waals surface area (Å²) in [5.74, 6) is 0.0557. The van der Waals surface area contributed by atoms with Crippen molar-refractivity contribution in [2.45, 2.75) is 32.2 Å². The number of hydrogen-bond acceptors (Lipinski definition) is 3. The molecule has 0 aliphatic carbocycles. The van der Waals surface area contributed by atoms with Gasteiger partial charge in [-0.1, -0.05) is 12.1 Å². The van der Waals surface area contributed by atoms with Crippen molar-refractivity contribution < 1.29 is 4.79 Å². The Hall–Kier alpha value is -2.20. The van der Waals surface area contributed by atoms with E-state index in [0.29, 0.717) is 6.42 Å². The van der Waals surface area contributed by atoms with Crippen molar-refractivity contribution in [3.05, 3.63) is 59.9 Å². The molecule has 1 amide bonds. The maximum atomic E-state index is 12.1. The van der Waals surface area contributed by atoms with Gasteiger partial charge in [-0.2, -0.15) is 0 Å². The van der Waals surface area contributed by atoms with Crippen molar-refractivity contribution in [3.8, 4) is 0 Å². The van der Waals surface area contributed by atoms with Crippen LogP contribution in [0.25, 0.3) is 0 Å². The van der Waals surface area contributed by atoms with Gasteiger partial charge in [0.1, 0.15) is 0 Å². The lowest BCUT2D eigenvalue weighted by molar-refractivity contribution is -0.116. The number of carbonyl (C=O) groups excluding carboxylic acids is 1. The lowest BCUT2D eigenvalue weighted by Gasteiger charge is -2.15. The van der Waals surface area contributed by atoms with Crippen LogP contribution in [-0.4, -0.2) is 28.9 Å². The van der Waals surface area contributed by atoms with E-state index in [1.165, 1.54) is 31.5 Å². The SMILES string of the molecule is O=C(CCc1ccncc1)Nc1cccc(CN2CCCC2)c1. The molecule has 1 saturated heterocycles. The summed E-state index contributed by atoms with van der Waals surface area (Å²) in [6, 6.07) is 12.1. The summed E-state index contributed by atoms with van der Waals surface area (Å²) in [5.41, 5.74) is 3.29. The number of nitrogens with one attached hydrogen (secondary N) is 1. The smallest absolute Gasteiger partial charge is 0.224 e. The van der Waals surface area contributed by atoms with Gasteiger partial charge in [-0.3, -0.25) is 14.7 Å². The molecule has 2 heterocycles. The van der Waals surface area contributed by atoms with Crippen molar-refractivity contribution in [1.82, 2.24) is 9.88 Å². The normalized spacial score (nSPS) is 14.8. The van der Waals surface area contributed by atoms with Gasteiger partial charge in [-0.25, -0.2) is 0 Å². The molecule has 0 radical (unpaired) electrons. The summed E-state index contributed by atoms with van der Waals surface area (Å²) in [6.07, 6.45) is 7.34. The molecule has 1 aliphatic rings. The fraction of sp³-hybridized carbons (Fsp3) is 0.368. The first-order valence-corrected chi connectivity index (χ1v) is 8.30. The van der Waals surface area contributed by atoms with E-state index in [1.54, 1.807) is 12.4 Å². The van der Waals surface area contributed by atoms with E-state index in [0.717, 1.165) is 24.2 Å². The van der Waals surface area contributed by atoms with E-state index < -0.39 is 0 Å². The van der Waals surface area contributed by atoms with Gasteiger partial charge in [0.25, 0.3) is 0 Å². The molecule has 0 atom stereocenters. The highest BCUT2D eigenvalue weighted by Gasteiger charge is 2.12. The number of pyridine rings is 1. The minimum atomic E-state index is 0.0557. The first-order valence-electron chi connectivity index (χ1n) is 8.30. The van der Waals surface area contributed by atoms with Crippen molar-refractivity contribution in [1.29, 1.82) is 0 Å². The molecule has 0 saturated carbocycles. The Morgan fingerprint density at radius 2 is 1.87 bits per heavy atom. The first kappa shape index (κ1) is 15.7. The third-order valence-corrected chi connectivity index (χ3v) is 4.21. The number of benzene rings is 1. The van der Waals surface area contributed by atoms with Crippen molar-refractivity contribution in [2.24, 2.45) is 0 Å². The van der Waals surface area contributed by atoms with E-state index in [1.807, 2.05) is 24.3 Å². The summed E-state index contributed by atoms with van der Waals surface area (Å²) in [4.78, 5) is 18.6. The number of nitrogens with zero attached hydrogens (tertiary/aromatic N) is 2. The molecule has 1 aliphatic heterocycles.